The predicted octanol–water partition coefficient (Wildman–Crippen LogP) is 1.03. The van der Waals surface area contributed by atoms with Gasteiger partial charge in [-0.15, -0.1) is 0 Å². The SMILES string of the molecule is CCCCCN1CC[C@H](O)[C@H](C(=O)OC)C1. The van der Waals surface area contributed by atoms with Gasteiger partial charge in [-0.05, 0) is 19.4 Å². The van der Waals surface area contributed by atoms with Crippen LogP contribution >= 0.6 is 0 Å². The second-order valence-electron chi connectivity index (χ2n) is 4.49. The molecule has 4 nitrogen and oxygen atoms in total. The van der Waals surface area contributed by atoms with Crippen molar-refractivity contribution in [3.63, 3.8) is 0 Å². The molecular formula is C12H23NO3. The standard InChI is InChI=1S/C12H23NO3/c1-3-4-5-7-13-8-6-11(14)10(9-13)12(15)16-2/h10-11,14H,3-9H2,1-2H3/t10-,11+/m1/s1. The van der Waals surface area contributed by atoms with E-state index in [0.29, 0.717) is 13.0 Å². The second kappa shape index (κ2) is 6.86. The molecule has 0 aromatic carbocycles. The van der Waals surface area contributed by atoms with Crippen LogP contribution in [0.1, 0.15) is 32.6 Å². The molecule has 1 heterocycles. The van der Waals surface area contributed by atoms with Gasteiger partial charge in [0.05, 0.1) is 19.1 Å². The minimum absolute atomic E-state index is 0.285. The van der Waals surface area contributed by atoms with E-state index in [4.69, 9.17) is 4.74 Å². The molecule has 1 saturated heterocycles. The quantitative estimate of drug-likeness (QED) is 0.565. The molecule has 4 heteroatoms. The van der Waals surface area contributed by atoms with Crippen molar-refractivity contribution in [1.29, 1.82) is 0 Å². The van der Waals surface area contributed by atoms with Crippen molar-refractivity contribution in [2.75, 3.05) is 26.7 Å². The van der Waals surface area contributed by atoms with E-state index in [1.54, 1.807) is 0 Å². The lowest BCUT2D eigenvalue weighted by atomic mass is 9.94. The zero-order chi connectivity index (χ0) is 12.0. The third-order valence-corrected chi connectivity index (χ3v) is 3.24. The van der Waals surface area contributed by atoms with Crippen LogP contribution in [-0.2, 0) is 9.53 Å². The first-order valence-corrected chi connectivity index (χ1v) is 6.17. The van der Waals surface area contributed by atoms with Crippen molar-refractivity contribution in [1.82, 2.24) is 4.90 Å². The summed E-state index contributed by atoms with van der Waals surface area (Å²) in [4.78, 5) is 13.7. The zero-order valence-corrected chi connectivity index (χ0v) is 10.3. The van der Waals surface area contributed by atoms with Crippen molar-refractivity contribution >= 4 is 5.97 Å². The Hall–Kier alpha value is -0.610. The first-order chi connectivity index (χ1) is 7.69. The number of carbonyl (C=O) groups is 1. The van der Waals surface area contributed by atoms with Gasteiger partial charge in [-0.3, -0.25) is 4.79 Å². The molecule has 0 aromatic rings. The highest BCUT2D eigenvalue weighted by Crippen LogP contribution is 2.19. The van der Waals surface area contributed by atoms with Crippen LogP contribution in [0.25, 0.3) is 0 Å². The Morgan fingerprint density at radius 1 is 1.50 bits per heavy atom. The fourth-order valence-electron chi connectivity index (χ4n) is 2.18. The summed E-state index contributed by atoms with van der Waals surface area (Å²) in [5, 5.41) is 9.73. The lowest BCUT2D eigenvalue weighted by Crippen LogP contribution is -2.47. The number of aliphatic hydroxyl groups is 1. The number of ether oxygens (including phenoxy) is 1. The largest absolute Gasteiger partial charge is 0.469 e. The molecule has 0 amide bonds. The lowest BCUT2D eigenvalue weighted by Gasteiger charge is -2.34. The normalized spacial score (nSPS) is 26.7. The molecule has 0 spiro atoms. The minimum Gasteiger partial charge on any atom is -0.469 e. The summed E-state index contributed by atoms with van der Waals surface area (Å²) >= 11 is 0. The summed E-state index contributed by atoms with van der Waals surface area (Å²) in [6.45, 7) is 4.72. The molecular weight excluding hydrogens is 206 g/mol. The molecule has 16 heavy (non-hydrogen) atoms. The number of likely N-dealkylation sites (tertiary alicyclic amines) is 1. The topological polar surface area (TPSA) is 49.8 Å². The highest BCUT2D eigenvalue weighted by Gasteiger charge is 2.33. The van der Waals surface area contributed by atoms with E-state index in [0.717, 1.165) is 13.1 Å². The Kier molecular flexibility index (Phi) is 5.77. The molecule has 0 aliphatic carbocycles. The molecule has 1 N–H and O–H groups in total. The summed E-state index contributed by atoms with van der Waals surface area (Å²) in [7, 11) is 1.38. The van der Waals surface area contributed by atoms with Crippen LogP contribution in [0, 0.1) is 5.92 Å². The molecule has 1 rings (SSSR count). The van der Waals surface area contributed by atoms with Crippen LogP contribution in [0.5, 0.6) is 0 Å². The van der Waals surface area contributed by atoms with E-state index < -0.39 is 6.10 Å². The molecule has 2 atom stereocenters. The lowest BCUT2D eigenvalue weighted by molar-refractivity contribution is -0.152. The molecule has 1 aliphatic rings. The highest BCUT2D eigenvalue weighted by atomic mass is 16.5. The van der Waals surface area contributed by atoms with E-state index in [-0.39, 0.29) is 11.9 Å². The number of rotatable bonds is 5. The number of methoxy groups -OCH3 is 1. The van der Waals surface area contributed by atoms with E-state index >= 15 is 0 Å². The van der Waals surface area contributed by atoms with E-state index in [1.807, 2.05) is 0 Å². The molecule has 0 aromatic heterocycles. The number of esters is 1. The Balaban J connectivity index is 2.38. The molecule has 0 radical (unpaired) electrons. The van der Waals surface area contributed by atoms with Gasteiger partial charge in [-0.25, -0.2) is 0 Å². The van der Waals surface area contributed by atoms with Gasteiger partial charge in [0.1, 0.15) is 0 Å². The maximum Gasteiger partial charge on any atom is 0.312 e. The van der Waals surface area contributed by atoms with Crippen LogP contribution in [0.2, 0.25) is 0 Å². The number of hydrogen-bond acceptors (Lipinski definition) is 4. The molecule has 94 valence electrons. The molecule has 1 fully saturated rings. The van der Waals surface area contributed by atoms with Gasteiger partial charge < -0.3 is 14.7 Å². The highest BCUT2D eigenvalue weighted by molar-refractivity contribution is 5.73. The first-order valence-electron chi connectivity index (χ1n) is 6.17. The van der Waals surface area contributed by atoms with E-state index in [9.17, 15) is 9.90 Å². The van der Waals surface area contributed by atoms with Gasteiger partial charge in [-0.1, -0.05) is 19.8 Å². The number of unbranched alkanes of at least 4 members (excludes halogenated alkanes) is 2. The minimum atomic E-state index is -0.533. The Labute approximate surface area is 97.6 Å². The van der Waals surface area contributed by atoms with Gasteiger partial charge in [0.15, 0.2) is 0 Å². The van der Waals surface area contributed by atoms with Crippen molar-refractivity contribution in [3.05, 3.63) is 0 Å². The molecule has 0 unspecified atom stereocenters. The number of carbonyl (C=O) groups excluding carboxylic acids is 1. The van der Waals surface area contributed by atoms with Gasteiger partial charge in [0.2, 0.25) is 0 Å². The van der Waals surface area contributed by atoms with Gasteiger partial charge in [0, 0.05) is 13.1 Å². The fraction of sp³-hybridized carbons (Fsp3) is 0.917. The molecule has 0 bridgehead atoms. The Morgan fingerprint density at radius 3 is 2.88 bits per heavy atom. The van der Waals surface area contributed by atoms with Crippen molar-refractivity contribution in [3.8, 4) is 0 Å². The smallest absolute Gasteiger partial charge is 0.312 e. The number of aliphatic hydroxyl groups excluding tert-OH is 1. The van der Waals surface area contributed by atoms with E-state index in [2.05, 4.69) is 11.8 Å². The zero-order valence-electron chi connectivity index (χ0n) is 10.3. The summed E-state index contributed by atoms with van der Waals surface area (Å²) in [6, 6.07) is 0. The van der Waals surface area contributed by atoms with Crippen molar-refractivity contribution in [2.24, 2.45) is 5.92 Å². The van der Waals surface area contributed by atoms with Crippen molar-refractivity contribution in [2.45, 2.75) is 38.7 Å². The monoisotopic (exact) mass is 229 g/mol. The van der Waals surface area contributed by atoms with Crippen LogP contribution in [0.3, 0.4) is 0 Å². The maximum absolute atomic E-state index is 11.4. The molecule has 1 aliphatic heterocycles. The van der Waals surface area contributed by atoms with Gasteiger partial charge >= 0.3 is 5.97 Å². The average molecular weight is 229 g/mol. The number of nitrogens with zero attached hydrogens (tertiary/aromatic N) is 1. The van der Waals surface area contributed by atoms with Crippen LogP contribution in [0.4, 0.5) is 0 Å². The predicted molar refractivity (Wildman–Crippen MR) is 62.1 cm³/mol. The number of piperidine rings is 1. The summed E-state index contributed by atoms with van der Waals surface area (Å²) in [6.07, 6.45) is 3.74. The summed E-state index contributed by atoms with van der Waals surface area (Å²) in [5.41, 5.74) is 0. The Morgan fingerprint density at radius 2 is 2.25 bits per heavy atom. The number of hydrogen-bond donors (Lipinski definition) is 1. The first kappa shape index (κ1) is 13.5. The van der Waals surface area contributed by atoms with Gasteiger partial charge in [0.25, 0.3) is 0 Å². The van der Waals surface area contributed by atoms with E-state index in [1.165, 1.54) is 26.4 Å². The Bertz CT molecular complexity index is 220. The van der Waals surface area contributed by atoms with Crippen LogP contribution < -0.4 is 0 Å². The second-order valence-corrected chi connectivity index (χ2v) is 4.49. The van der Waals surface area contributed by atoms with Crippen LogP contribution in [-0.4, -0.2) is 48.8 Å². The van der Waals surface area contributed by atoms with Crippen molar-refractivity contribution < 1.29 is 14.6 Å². The van der Waals surface area contributed by atoms with Crippen LogP contribution in [0.15, 0.2) is 0 Å². The average Bonchev–Trinajstić information content (AvgIpc) is 2.30. The fourth-order valence-corrected chi connectivity index (χ4v) is 2.18. The third kappa shape index (κ3) is 3.76. The van der Waals surface area contributed by atoms with Gasteiger partial charge in [-0.2, -0.15) is 0 Å². The summed E-state index contributed by atoms with van der Waals surface area (Å²) in [5.74, 6) is -0.645. The third-order valence-electron chi connectivity index (χ3n) is 3.24. The summed E-state index contributed by atoms with van der Waals surface area (Å²) < 4.78 is 4.71. The maximum atomic E-state index is 11.4. The molecule has 0 saturated carbocycles.